The van der Waals surface area contributed by atoms with Crippen LogP contribution in [0.1, 0.15) is 10.4 Å². The second-order valence-electron chi connectivity index (χ2n) is 5.30. The van der Waals surface area contributed by atoms with Crippen molar-refractivity contribution in [2.24, 2.45) is 0 Å². The topological polar surface area (TPSA) is 67.2 Å². The molecule has 7 nitrogen and oxygen atoms in total. The molecule has 2 heterocycles. The van der Waals surface area contributed by atoms with E-state index in [4.69, 9.17) is 0 Å². The van der Waals surface area contributed by atoms with Crippen LogP contribution < -0.4 is 0 Å². The number of Topliss-reactive ketones (excluding diaryl/α,β-unsaturated/α-hetero) is 1. The summed E-state index contributed by atoms with van der Waals surface area (Å²) in [5.41, 5.74) is 1.57. The van der Waals surface area contributed by atoms with Gasteiger partial charge in [-0.2, -0.15) is 0 Å². The largest absolute Gasteiger partial charge is 0.304 e. The van der Waals surface area contributed by atoms with Crippen molar-refractivity contribution < 1.29 is 4.79 Å². The molecule has 0 amide bonds. The van der Waals surface area contributed by atoms with Crippen LogP contribution in [-0.4, -0.2) is 75.6 Å². The van der Waals surface area contributed by atoms with Crippen LogP contribution in [0.4, 0.5) is 0 Å². The van der Waals surface area contributed by atoms with E-state index in [1.807, 2.05) is 24.3 Å². The number of ketones is 1. The summed E-state index contributed by atoms with van der Waals surface area (Å²) in [7, 11) is 2.11. The van der Waals surface area contributed by atoms with Crippen LogP contribution in [0.2, 0.25) is 0 Å². The average Bonchev–Trinajstić information content (AvgIpc) is 3.04. The molecule has 0 unspecified atom stereocenters. The number of aromatic nitrogens is 4. The van der Waals surface area contributed by atoms with E-state index in [0.29, 0.717) is 6.54 Å². The van der Waals surface area contributed by atoms with Crippen molar-refractivity contribution in [1.29, 1.82) is 0 Å². The third-order valence-corrected chi connectivity index (χ3v) is 3.77. The summed E-state index contributed by atoms with van der Waals surface area (Å²) < 4.78 is 1.56. The molecule has 0 atom stereocenters. The Morgan fingerprint density at radius 2 is 1.86 bits per heavy atom. The van der Waals surface area contributed by atoms with Gasteiger partial charge >= 0.3 is 0 Å². The SMILES string of the molecule is CN1CCN(CC(=O)c2ccc(-n3cnnn3)cc2)CC1. The minimum absolute atomic E-state index is 0.155. The zero-order valence-corrected chi connectivity index (χ0v) is 12.0. The number of hydrogen-bond acceptors (Lipinski definition) is 6. The van der Waals surface area contributed by atoms with Crippen LogP contribution in [-0.2, 0) is 0 Å². The minimum Gasteiger partial charge on any atom is -0.304 e. The molecule has 0 saturated carbocycles. The van der Waals surface area contributed by atoms with Crippen LogP contribution in [0.15, 0.2) is 30.6 Å². The zero-order chi connectivity index (χ0) is 14.7. The molecule has 7 heteroatoms. The Morgan fingerprint density at radius 3 is 2.48 bits per heavy atom. The molecule has 1 fully saturated rings. The number of nitrogens with zero attached hydrogens (tertiary/aromatic N) is 6. The van der Waals surface area contributed by atoms with Crippen LogP contribution in [0, 0.1) is 0 Å². The molecule has 110 valence electrons. The Balaban J connectivity index is 1.62. The normalized spacial score (nSPS) is 17.0. The molecule has 1 aromatic heterocycles. The van der Waals surface area contributed by atoms with E-state index in [9.17, 15) is 4.79 Å². The minimum atomic E-state index is 0.155. The van der Waals surface area contributed by atoms with E-state index in [0.717, 1.165) is 37.4 Å². The first-order chi connectivity index (χ1) is 10.2. The predicted octanol–water partition coefficient (Wildman–Crippen LogP) is 0.0924. The van der Waals surface area contributed by atoms with Crippen molar-refractivity contribution in [3.63, 3.8) is 0 Å². The lowest BCUT2D eigenvalue weighted by Crippen LogP contribution is -2.46. The number of tetrazole rings is 1. The molecule has 1 aliphatic heterocycles. The molecule has 0 radical (unpaired) electrons. The van der Waals surface area contributed by atoms with E-state index in [1.54, 1.807) is 4.68 Å². The van der Waals surface area contributed by atoms with Gasteiger partial charge in [0.15, 0.2) is 5.78 Å². The van der Waals surface area contributed by atoms with E-state index in [2.05, 4.69) is 32.4 Å². The molecule has 1 aliphatic rings. The first-order valence-electron chi connectivity index (χ1n) is 7.00. The smallest absolute Gasteiger partial charge is 0.176 e. The predicted molar refractivity (Wildman–Crippen MR) is 77.4 cm³/mol. The van der Waals surface area contributed by atoms with Gasteiger partial charge in [-0.15, -0.1) is 5.10 Å². The molecule has 1 saturated heterocycles. The second-order valence-corrected chi connectivity index (χ2v) is 5.30. The highest BCUT2D eigenvalue weighted by Gasteiger charge is 2.17. The first kappa shape index (κ1) is 13.8. The number of rotatable bonds is 4. The standard InChI is InChI=1S/C14H18N6O/c1-18-6-8-19(9-7-18)10-14(21)12-2-4-13(5-3-12)20-11-15-16-17-20/h2-5,11H,6-10H2,1H3. The Bertz CT molecular complexity index is 586. The Hall–Kier alpha value is -2.12. The highest BCUT2D eigenvalue weighted by atomic mass is 16.1. The third kappa shape index (κ3) is 3.32. The van der Waals surface area contributed by atoms with Gasteiger partial charge in [0.25, 0.3) is 0 Å². The average molecular weight is 286 g/mol. The summed E-state index contributed by atoms with van der Waals surface area (Å²) in [6, 6.07) is 7.37. The molecule has 0 N–H and O–H groups in total. The molecule has 0 aliphatic carbocycles. The van der Waals surface area contributed by atoms with E-state index in [-0.39, 0.29) is 5.78 Å². The van der Waals surface area contributed by atoms with Crippen molar-refractivity contribution >= 4 is 5.78 Å². The molecule has 21 heavy (non-hydrogen) atoms. The lowest BCUT2D eigenvalue weighted by molar-refractivity contribution is 0.0876. The van der Waals surface area contributed by atoms with Crippen molar-refractivity contribution in [3.8, 4) is 5.69 Å². The van der Waals surface area contributed by atoms with Gasteiger partial charge in [0, 0.05) is 31.7 Å². The van der Waals surface area contributed by atoms with E-state index in [1.165, 1.54) is 6.33 Å². The fraction of sp³-hybridized carbons (Fsp3) is 0.429. The summed E-state index contributed by atoms with van der Waals surface area (Å²) in [5.74, 6) is 0.155. The number of likely N-dealkylation sites (N-methyl/N-ethyl adjacent to an activating group) is 1. The van der Waals surface area contributed by atoms with Crippen molar-refractivity contribution in [2.45, 2.75) is 0 Å². The van der Waals surface area contributed by atoms with Gasteiger partial charge in [-0.25, -0.2) is 4.68 Å². The van der Waals surface area contributed by atoms with Crippen LogP contribution >= 0.6 is 0 Å². The number of hydrogen-bond donors (Lipinski definition) is 0. The Labute approximate surface area is 123 Å². The maximum Gasteiger partial charge on any atom is 0.176 e. The molecular formula is C14H18N6O. The van der Waals surface area contributed by atoms with Crippen molar-refractivity contribution in [2.75, 3.05) is 39.8 Å². The summed E-state index contributed by atoms with van der Waals surface area (Å²) in [6.45, 7) is 4.42. The van der Waals surface area contributed by atoms with Crippen LogP contribution in [0.3, 0.4) is 0 Å². The van der Waals surface area contributed by atoms with E-state index >= 15 is 0 Å². The molecule has 2 aromatic rings. The maximum atomic E-state index is 12.3. The van der Waals surface area contributed by atoms with Gasteiger partial charge in [-0.1, -0.05) is 0 Å². The van der Waals surface area contributed by atoms with Crippen molar-refractivity contribution in [3.05, 3.63) is 36.2 Å². The monoisotopic (exact) mass is 286 g/mol. The second kappa shape index (κ2) is 6.11. The maximum absolute atomic E-state index is 12.3. The van der Waals surface area contributed by atoms with E-state index < -0.39 is 0 Å². The van der Waals surface area contributed by atoms with Gasteiger partial charge < -0.3 is 4.90 Å². The quantitative estimate of drug-likeness (QED) is 0.742. The third-order valence-electron chi connectivity index (χ3n) is 3.77. The van der Waals surface area contributed by atoms with Gasteiger partial charge in [-0.05, 0) is 41.7 Å². The Morgan fingerprint density at radius 1 is 1.14 bits per heavy atom. The molecule has 3 rings (SSSR count). The number of piperazine rings is 1. The van der Waals surface area contributed by atoms with Gasteiger partial charge in [0.2, 0.25) is 0 Å². The van der Waals surface area contributed by atoms with Gasteiger partial charge in [0.05, 0.1) is 12.2 Å². The molecule has 1 aromatic carbocycles. The zero-order valence-electron chi connectivity index (χ0n) is 12.0. The fourth-order valence-corrected chi connectivity index (χ4v) is 2.38. The summed E-state index contributed by atoms with van der Waals surface area (Å²) in [5, 5.41) is 11.0. The highest BCUT2D eigenvalue weighted by molar-refractivity contribution is 5.97. The Kier molecular flexibility index (Phi) is 4.03. The van der Waals surface area contributed by atoms with Gasteiger partial charge in [0.1, 0.15) is 6.33 Å². The number of carbonyl (C=O) groups is 1. The summed E-state index contributed by atoms with van der Waals surface area (Å²) in [4.78, 5) is 16.8. The lowest BCUT2D eigenvalue weighted by atomic mass is 10.1. The fourth-order valence-electron chi connectivity index (χ4n) is 2.38. The van der Waals surface area contributed by atoms with Crippen LogP contribution in [0.25, 0.3) is 5.69 Å². The lowest BCUT2D eigenvalue weighted by Gasteiger charge is -2.31. The molecule has 0 spiro atoms. The summed E-state index contributed by atoms with van der Waals surface area (Å²) >= 11 is 0. The number of benzene rings is 1. The highest BCUT2D eigenvalue weighted by Crippen LogP contribution is 2.09. The van der Waals surface area contributed by atoms with Gasteiger partial charge in [-0.3, -0.25) is 9.69 Å². The molecule has 0 bridgehead atoms. The first-order valence-corrected chi connectivity index (χ1v) is 7.00. The summed E-state index contributed by atoms with van der Waals surface area (Å²) in [6.07, 6.45) is 1.53. The van der Waals surface area contributed by atoms with Crippen molar-refractivity contribution in [1.82, 2.24) is 30.0 Å². The number of carbonyl (C=O) groups excluding carboxylic acids is 1. The molecular weight excluding hydrogens is 268 g/mol. The van der Waals surface area contributed by atoms with Crippen LogP contribution in [0.5, 0.6) is 0 Å².